The summed E-state index contributed by atoms with van der Waals surface area (Å²) in [6.07, 6.45) is 0. The van der Waals surface area contributed by atoms with Crippen molar-refractivity contribution in [3.8, 4) is 17.2 Å². The third-order valence-corrected chi connectivity index (χ3v) is 2.70. The quantitative estimate of drug-likeness (QED) is 0.826. The zero-order valence-electron chi connectivity index (χ0n) is 11.3. The lowest BCUT2D eigenvalue weighted by Crippen LogP contribution is -2.04. The van der Waals surface area contributed by atoms with Crippen molar-refractivity contribution in [2.24, 2.45) is 0 Å². The summed E-state index contributed by atoms with van der Waals surface area (Å²) in [6.45, 7) is 2.23. The van der Waals surface area contributed by atoms with E-state index < -0.39 is 11.8 Å². The Bertz CT molecular complexity index is 673. The molecule has 6 heteroatoms. The zero-order chi connectivity index (χ0) is 15.4. The zero-order valence-corrected chi connectivity index (χ0v) is 11.3. The lowest BCUT2D eigenvalue weighted by atomic mass is 10.1. The Labute approximate surface area is 120 Å². The number of hydrogen-bond donors (Lipinski definition) is 2. The summed E-state index contributed by atoms with van der Waals surface area (Å²) in [5.74, 6) is -1.50. The molecule has 0 aromatic heterocycles. The molecule has 0 aliphatic carbocycles. The number of anilines is 1. The van der Waals surface area contributed by atoms with Gasteiger partial charge in [-0.25, -0.2) is 9.18 Å². The number of rotatable bonds is 5. The van der Waals surface area contributed by atoms with Crippen molar-refractivity contribution in [3.63, 3.8) is 0 Å². The van der Waals surface area contributed by atoms with Gasteiger partial charge in [0.1, 0.15) is 0 Å². The van der Waals surface area contributed by atoms with Crippen molar-refractivity contribution in [2.45, 2.75) is 6.92 Å². The molecular formula is C15H14FNO4. The first-order chi connectivity index (χ1) is 10.0. The predicted octanol–water partition coefficient (Wildman–Crippen LogP) is 3.30. The molecule has 2 aromatic rings. The molecule has 0 saturated heterocycles. The van der Waals surface area contributed by atoms with Gasteiger partial charge in [0.2, 0.25) is 0 Å². The minimum Gasteiger partial charge on any atom is -0.490 e. The maximum atomic E-state index is 13.9. The first kappa shape index (κ1) is 14.6. The van der Waals surface area contributed by atoms with Crippen molar-refractivity contribution in [2.75, 3.05) is 12.3 Å². The van der Waals surface area contributed by atoms with Crippen molar-refractivity contribution in [3.05, 3.63) is 47.8 Å². The number of benzene rings is 2. The summed E-state index contributed by atoms with van der Waals surface area (Å²) in [5.41, 5.74) is 5.08. The highest BCUT2D eigenvalue weighted by Crippen LogP contribution is 2.34. The first-order valence-electron chi connectivity index (χ1n) is 6.25. The molecule has 21 heavy (non-hydrogen) atoms. The molecule has 110 valence electrons. The van der Waals surface area contributed by atoms with E-state index in [0.717, 1.165) is 12.1 Å². The Balaban J connectivity index is 2.40. The number of carboxylic acid groups (broad SMARTS) is 1. The van der Waals surface area contributed by atoms with Gasteiger partial charge in [0.05, 0.1) is 12.2 Å². The average molecular weight is 291 g/mol. The number of carbonyl (C=O) groups is 1. The van der Waals surface area contributed by atoms with Crippen LogP contribution in [0.3, 0.4) is 0 Å². The Morgan fingerprint density at radius 2 is 1.90 bits per heavy atom. The average Bonchev–Trinajstić information content (AvgIpc) is 2.43. The standard InChI is InChI=1S/C15H14FNO4/c1-2-20-12-5-3-4-6-13(12)21-14-7-9(15(18)19)11(17)8-10(14)16/h3-8H,2,17H2,1H3,(H,18,19). The molecule has 0 heterocycles. The molecule has 0 fully saturated rings. The number of carboxylic acids is 1. The van der Waals surface area contributed by atoms with E-state index in [1.165, 1.54) is 0 Å². The maximum Gasteiger partial charge on any atom is 0.337 e. The van der Waals surface area contributed by atoms with E-state index in [1.807, 2.05) is 6.92 Å². The smallest absolute Gasteiger partial charge is 0.337 e. The van der Waals surface area contributed by atoms with E-state index in [9.17, 15) is 9.18 Å². The summed E-state index contributed by atoms with van der Waals surface area (Å²) in [5, 5.41) is 9.00. The van der Waals surface area contributed by atoms with Gasteiger partial charge in [-0.2, -0.15) is 0 Å². The van der Waals surface area contributed by atoms with Crippen molar-refractivity contribution in [1.29, 1.82) is 0 Å². The minimum absolute atomic E-state index is 0.162. The number of halogens is 1. The lowest BCUT2D eigenvalue weighted by Gasteiger charge is -2.13. The second-order valence-corrected chi connectivity index (χ2v) is 4.16. The number of nitrogens with two attached hydrogens (primary N) is 1. The van der Waals surface area contributed by atoms with Crippen LogP contribution in [0.1, 0.15) is 17.3 Å². The molecule has 5 nitrogen and oxygen atoms in total. The Hall–Kier alpha value is -2.76. The topological polar surface area (TPSA) is 81.8 Å². The van der Waals surface area contributed by atoms with Crippen LogP contribution in [0.15, 0.2) is 36.4 Å². The van der Waals surface area contributed by atoms with Gasteiger partial charge in [-0.1, -0.05) is 12.1 Å². The first-order valence-corrected chi connectivity index (χ1v) is 6.25. The number of hydrogen-bond acceptors (Lipinski definition) is 4. The summed E-state index contributed by atoms with van der Waals surface area (Å²) >= 11 is 0. The molecule has 0 amide bonds. The lowest BCUT2D eigenvalue weighted by molar-refractivity contribution is 0.0697. The molecule has 0 saturated carbocycles. The van der Waals surface area contributed by atoms with Gasteiger partial charge in [-0.15, -0.1) is 0 Å². The van der Waals surface area contributed by atoms with Gasteiger partial charge in [-0.3, -0.25) is 0 Å². The van der Waals surface area contributed by atoms with E-state index in [0.29, 0.717) is 18.1 Å². The molecule has 0 aliphatic heterocycles. The summed E-state index contributed by atoms with van der Waals surface area (Å²) < 4.78 is 24.6. The molecule has 0 bridgehead atoms. The fraction of sp³-hybridized carbons (Fsp3) is 0.133. The monoisotopic (exact) mass is 291 g/mol. The van der Waals surface area contributed by atoms with Gasteiger partial charge >= 0.3 is 5.97 Å². The summed E-state index contributed by atoms with van der Waals surface area (Å²) in [6, 6.07) is 8.69. The molecule has 2 rings (SSSR count). The molecule has 2 aromatic carbocycles. The number of ether oxygens (including phenoxy) is 2. The van der Waals surface area contributed by atoms with Crippen LogP contribution >= 0.6 is 0 Å². The molecule has 0 unspecified atom stereocenters. The molecule has 0 aliphatic rings. The van der Waals surface area contributed by atoms with Crippen LogP contribution in [0.2, 0.25) is 0 Å². The molecule has 0 spiro atoms. The van der Waals surface area contributed by atoms with Gasteiger partial charge in [0, 0.05) is 17.8 Å². The number of nitrogen functional groups attached to an aromatic ring is 1. The molecule has 0 atom stereocenters. The van der Waals surface area contributed by atoms with Crippen molar-refractivity contribution < 1.29 is 23.8 Å². The van der Waals surface area contributed by atoms with Gasteiger partial charge in [0.25, 0.3) is 0 Å². The van der Waals surface area contributed by atoms with Crippen LogP contribution in [0.25, 0.3) is 0 Å². The van der Waals surface area contributed by atoms with Crippen LogP contribution < -0.4 is 15.2 Å². The van der Waals surface area contributed by atoms with E-state index in [2.05, 4.69) is 0 Å². The summed E-state index contributed by atoms with van der Waals surface area (Å²) in [7, 11) is 0. The largest absolute Gasteiger partial charge is 0.490 e. The van der Waals surface area contributed by atoms with E-state index in [-0.39, 0.29) is 17.0 Å². The molecule has 0 radical (unpaired) electrons. The third-order valence-electron chi connectivity index (χ3n) is 2.70. The van der Waals surface area contributed by atoms with E-state index in [1.54, 1.807) is 24.3 Å². The fourth-order valence-electron chi connectivity index (χ4n) is 1.76. The molecular weight excluding hydrogens is 277 g/mol. The SMILES string of the molecule is CCOc1ccccc1Oc1cc(C(=O)O)c(N)cc1F. The van der Waals surface area contributed by atoms with E-state index in [4.69, 9.17) is 20.3 Å². The van der Waals surface area contributed by atoms with Gasteiger partial charge in [0.15, 0.2) is 23.1 Å². The maximum absolute atomic E-state index is 13.9. The van der Waals surface area contributed by atoms with Crippen molar-refractivity contribution in [1.82, 2.24) is 0 Å². The number of para-hydroxylation sites is 2. The second kappa shape index (κ2) is 6.13. The Morgan fingerprint density at radius 3 is 2.52 bits per heavy atom. The predicted molar refractivity (Wildman–Crippen MR) is 75.5 cm³/mol. The third kappa shape index (κ3) is 3.22. The van der Waals surface area contributed by atoms with E-state index >= 15 is 0 Å². The number of aromatic carboxylic acids is 1. The highest BCUT2D eigenvalue weighted by atomic mass is 19.1. The summed E-state index contributed by atoms with van der Waals surface area (Å²) in [4.78, 5) is 11.0. The van der Waals surface area contributed by atoms with Crippen LogP contribution in [0.4, 0.5) is 10.1 Å². The highest BCUT2D eigenvalue weighted by Gasteiger charge is 2.16. The van der Waals surface area contributed by atoms with Gasteiger partial charge < -0.3 is 20.3 Å². The minimum atomic E-state index is -1.25. The van der Waals surface area contributed by atoms with Crippen LogP contribution in [-0.4, -0.2) is 17.7 Å². The van der Waals surface area contributed by atoms with Crippen LogP contribution in [0, 0.1) is 5.82 Å². The fourth-order valence-corrected chi connectivity index (χ4v) is 1.76. The van der Waals surface area contributed by atoms with Gasteiger partial charge in [-0.05, 0) is 19.1 Å². The van der Waals surface area contributed by atoms with Crippen LogP contribution in [0.5, 0.6) is 17.2 Å². The molecule has 3 N–H and O–H groups in total. The normalized spacial score (nSPS) is 10.2. The second-order valence-electron chi connectivity index (χ2n) is 4.16. The highest BCUT2D eigenvalue weighted by molar-refractivity contribution is 5.94. The Kier molecular flexibility index (Phi) is 4.27. The Morgan fingerprint density at radius 1 is 1.24 bits per heavy atom. The van der Waals surface area contributed by atoms with Crippen molar-refractivity contribution >= 4 is 11.7 Å². The van der Waals surface area contributed by atoms with Crippen LogP contribution in [-0.2, 0) is 0 Å².